The molecule has 2 aliphatic heterocycles. The number of carbonyl (C=O) groups excluding carboxylic acids is 2. The first-order valence-corrected chi connectivity index (χ1v) is 15.1. The van der Waals surface area contributed by atoms with Gasteiger partial charge in [0, 0.05) is 50.6 Å². The van der Waals surface area contributed by atoms with Crippen LogP contribution in [0.3, 0.4) is 0 Å². The van der Waals surface area contributed by atoms with Crippen molar-refractivity contribution in [2.24, 2.45) is 0 Å². The number of anilines is 2. The van der Waals surface area contributed by atoms with Crippen LogP contribution in [0.5, 0.6) is 0 Å². The van der Waals surface area contributed by atoms with Crippen LogP contribution in [0.2, 0.25) is 0 Å². The Morgan fingerprint density at radius 3 is 2.12 bits per heavy atom. The summed E-state index contributed by atoms with van der Waals surface area (Å²) in [5, 5.41) is 6.27. The molecule has 0 spiro atoms. The Balaban J connectivity index is 1.26. The SMILES string of the molecule is O=C(NCCN1CCOCC1)c1cc(NC(=O)C(c2ccccc2)c2ccccc2)ccc1N1CCc2ccccc2C1. The summed E-state index contributed by atoms with van der Waals surface area (Å²) in [4.78, 5) is 32.1. The Labute approximate surface area is 253 Å². The van der Waals surface area contributed by atoms with Gasteiger partial charge in [-0.2, -0.15) is 0 Å². The van der Waals surface area contributed by atoms with Crippen LogP contribution in [0.1, 0.15) is 38.5 Å². The highest BCUT2D eigenvalue weighted by Gasteiger charge is 2.25. The molecule has 1 saturated heterocycles. The summed E-state index contributed by atoms with van der Waals surface area (Å²) >= 11 is 0. The molecule has 4 aromatic rings. The first-order chi connectivity index (χ1) is 21.2. The highest BCUT2D eigenvalue weighted by Crippen LogP contribution is 2.31. The molecule has 0 atom stereocenters. The number of amides is 2. The second kappa shape index (κ2) is 13.7. The first kappa shape index (κ1) is 28.6. The van der Waals surface area contributed by atoms with E-state index >= 15 is 0 Å². The number of ether oxygens (including phenoxy) is 1. The number of hydrogen-bond acceptors (Lipinski definition) is 5. The lowest BCUT2D eigenvalue weighted by Crippen LogP contribution is -2.41. The summed E-state index contributed by atoms with van der Waals surface area (Å²) in [6, 6.07) is 33.8. The van der Waals surface area contributed by atoms with E-state index in [0.717, 1.165) is 69.2 Å². The summed E-state index contributed by atoms with van der Waals surface area (Å²) in [6.45, 7) is 6.07. The quantitative estimate of drug-likeness (QED) is 0.292. The van der Waals surface area contributed by atoms with Crippen molar-refractivity contribution in [3.63, 3.8) is 0 Å². The van der Waals surface area contributed by atoms with Gasteiger partial charge < -0.3 is 20.3 Å². The van der Waals surface area contributed by atoms with E-state index in [0.29, 0.717) is 17.8 Å². The van der Waals surface area contributed by atoms with Crippen LogP contribution in [-0.4, -0.2) is 62.7 Å². The fourth-order valence-electron chi connectivity index (χ4n) is 6.02. The number of carbonyl (C=O) groups is 2. The minimum Gasteiger partial charge on any atom is -0.379 e. The van der Waals surface area contributed by atoms with Gasteiger partial charge in [0.15, 0.2) is 0 Å². The Bertz CT molecular complexity index is 1500. The zero-order chi connectivity index (χ0) is 29.4. The number of rotatable bonds is 9. The van der Waals surface area contributed by atoms with Crippen LogP contribution < -0.4 is 15.5 Å². The molecule has 4 aromatic carbocycles. The molecule has 2 N–H and O–H groups in total. The molecular formula is C36H38N4O3. The van der Waals surface area contributed by atoms with Crippen molar-refractivity contribution in [3.8, 4) is 0 Å². The molecule has 43 heavy (non-hydrogen) atoms. The van der Waals surface area contributed by atoms with Gasteiger partial charge in [-0.05, 0) is 46.9 Å². The van der Waals surface area contributed by atoms with Gasteiger partial charge in [0.2, 0.25) is 5.91 Å². The van der Waals surface area contributed by atoms with Crippen molar-refractivity contribution < 1.29 is 14.3 Å². The van der Waals surface area contributed by atoms with Gasteiger partial charge >= 0.3 is 0 Å². The fraction of sp³-hybridized carbons (Fsp3) is 0.278. The number of morpholine rings is 1. The Kier molecular flexibility index (Phi) is 9.11. The molecule has 1 fully saturated rings. The molecule has 2 amide bonds. The van der Waals surface area contributed by atoms with E-state index in [1.54, 1.807) is 0 Å². The topological polar surface area (TPSA) is 73.9 Å². The molecular weight excluding hydrogens is 536 g/mol. The van der Waals surface area contributed by atoms with E-state index in [1.807, 2.05) is 78.9 Å². The van der Waals surface area contributed by atoms with E-state index in [2.05, 4.69) is 44.7 Å². The fourth-order valence-corrected chi connectivity index (χ4v) is 6.02. The molecule has 2 aliphatic rings. The molecule has 2 heterocycles. The zero-order valence-corrected chi connectivity index (χ0v) is 24.4. The van der Waals surface area contributed by atoms with Gasteiger partial charge in [0.05, 0.1) is 24.7 Å². The van der Waals surface area contributed by atoms with Gasteiger partial charge in [0.25, 0.3) is 5.91 Å². The lowest BCUT2D eigenvalue weighted by molar-refractivity contribution is -0.116. The lowest BCUT2D eigenvalue weighted by atomic mass is 9.90. The predicted molar refractivity (Wildman–Crippen MR) is 171 cm³/mol. The van der Waals surface area contributed by atoms with Crippen molar-refractivity contribution in [3.05, 3.63) is 131 Å². The molecule has 220 valence electrons. The van der Waals surface area contributed by atoms with Gasteiger partial charge in [-0.25, -0.2) is 0 Å². The molecule has 0 aliphatic carbocycles. The van der Waals surface area contributed by atoms with E-state index in [9.17, 15) is 9.59 Å². The average Bonchev–Trinajstić information content (AvgIpc) is 3.06. The Morgan fingerprint density at radius 1 is 0.767 bits per heavy atom. The van der Waals surface area contributed by atoms with Crippen molar-refractivity contribution in [2.45, 2.75) is 18.9 Å². The van der Waals surface area contributed by atoms with Crippen LogP contribution in [0.25, 0.3) is 0 Å². The van der Waals surface area contributed by atoms with Crippen LogP contribution in [0, 0.1) is 0 Å². The van der Waals surface area contributed by atoms with Gasteiger partial charge in [-0.1, -0.05) is 84.9 Å². The largest absolute Gasteiger partial charge is 0.379 e. The van der Waals surface area contributed by atoms with Crippen LogP contribution >= 0.6 is 0 Å². The second-order valence-corrected chi connectivity index (χ2v) is 11.1. The summed E-state index contributed by atoms with van der Waals surface area (Å²) < 4.78 is 5.45. The van der Waals surface area contributed by atoms with Crippen molar-refractivity contribution in [1.29, 1.82) is 0 Å². The van der Waals surface area contributed by atoms with Crippen molar-refractivity contribution in [1.82, 2.24) is 10.2 Å². The summed E-state index contributed by atoms with van der Waals surface area (Å²) in [7, 11) is 0. The van der Waals surface area contributed by atoms with E-state index < -0.39 is 5.92 Å². The number of hydrogen-bond donors (Lipinski definition) is 2. The van der Waals surface area contributed by atoms with Gasteiger partial charge in [-0.3, -0.25) is 14.5 Å². The molecule has 0 saturated carbocycles. The highest BCUT2D eigenvalue weighted by atomic mass is 16.5. The first-order valence-electron chi connectivity index (χ1n) is 15.1. The van der Waals surface area contributed by atoms with E-state index in [4.69, 9.17) is 4.74 Å². The summed E-state index contributed by atoms with van der Waals surface area (Å²) in [6.07, 6.45) is 0.919. The smallest absolute Gasteiger partial charge is 0.253 e. The highest BCUT2D eigenvalue weighted by molar-refractivity contribution is 6.03. The minimum absolute atomic E-state index is 0.138. The van der Waals surface area contributed by atoms with E-state index in [-0.39, 0.29) is 11.8 Å². The molecule has 6 rings (SSSR count). The maximum Gasteiger partial charge on any atom is 0.253 e. The van der Waals surface area contributed by atoms with Crippen molar-refractivity contribution in [2.75, 3.05) is 56.2 Å². The zero-order valence-electron chi connectivity index (χ0n) is 24.4. The van der Waals surface area contributed by atoms with E-state index in [1.165, 1.54) is 11.1 Å². The Hall–Kier alpha value is -4.46. The van der Waals surface area contributed by atoms with Gasteiger partial charge in [0.1, 0.15) is 0 Å². The molecule has 0 radical (unpaired) electrons. The average molecular weight is 575 g/mol. The third-order valence-electron chi connectivity index (χ3n) is 8.33. The number of nitrogens with one attached hydrogen (secondary N) is 2. The number of nitrogens with zero attached hydrogens (tertiary/aromatic N) is 2. The number of fused-ring (bicyclic) bond motifs is 1. The molecule has 0 aromatic heterocycles. The normalized spacial score (nSPS) is 15.1. The number of benzene rings is 4. The Morgan fingerprint density at radius 2 is 1.42 bits per heavy atom. The summed E-state index contributed by atoms with van der Waals surface area (Å²) in [5.41, 5.74) is 6.49. The van der Waals surface area contributed by atoms with Crippen LogP contribution in [0.4, 0.5) is 11.4 Å². The monoisotopic (exact) mass is 574 g/mol. The maximum absolute atomic E-state index is 13.8. The maximum atomic E-state index is 13.8. The van der Waals surface area contributed by atoms with Crippen LogP contribution in [-0.2, 0) is 22.5 Å². The predicted octanol–water partition coefficient (Wildman–Crippen LogP) is 5.08. The molecule has 0 bridgehead atoms. The molecule has 0 unspecified atom stereocenters. The van der Waals surface area contributed by atoms with Crippen molar-refractivity contribution >= 4 is 23.2 Å². The minimum atomic E-state index is -0.480. The third kappa shape index (κ3) is 6.96. The standard InChI is InChI=1S/C36H38N4O3/c41-35(37-18-20-39-21-23-43-24-22-39)32-25-31(15-16-33(32)40-19-17-27-9-7-8-14-30(27)26-40)38-36(42)34(28-10-3-1-4-11-28)29-12-5-2-6-13-29/h1-16,25,34H,17-24,26H2,(H,37,41)(H,38,42). The summed E-state index contributed by atoms with van der Waals surface area (Å²) in [5.74, 6) is -0.761. The lowest BCUT2D eigenvalue weighted by Gasteiger charge is -2.32. The van der Waals surface area contributed by atoms with Gasteiger partial charge in [-0.15, -0.1) is 0 Å². The van der Waals surface area contributed by atoms with Crippen LogP contribution in [0.15, 0.2) is 103 Å². The molecule has 7 nitrogen and oxygen atoms in total. The third-order valence-corrected chi connectivity index (χ3v) is 8.33. The second-order valence-electron chi connectivity index (χ2n) is 11.1. The molecule has 7 heteroatoms.